The summed E-state index contributed by atoms with van der Waals surface area (Å²) in [5, 5.41) is 3.32. The molecular formula is C13H15F3N2O2. The largest absolute Gasteiger partial charge is 0.472 e. The van der Waals surface area contributed by atoms with Gasteiger partial charge in [0, 0.05) is 25.1 Å². The first-order valence-corrected chi connectivity index (χ1v) is 6.44. The van der Waals surface area contributed by atoms with Gasteiger partial charge in [-0.3, -0.25) is 0 Å². The van der Waals surface area contributed by atoms with Crippen LogP contribution in [0.4, 0.5) is 13.2 Å². The number of piperidine rings is 1. The Kier molecular flexibility index (Phi) is 3.13. The zero-order chi connectivity index (χ0) is 14.5. The van der Waals surface area contributed by atoms with Crippen molar-refractivity contribution in [1.29, 1.82) is 0 Å². The van der Waals surface area contributed by atoms with Gasteiger partial charge in [-0.05, 0) is 19.1 Å². The minimum Gasteiger partial charge on any atom is -0.472 e. The Balaban J connectivity index is 1.89. The number of fused-ring (bicyclic) bond motifs is 3. The normalized spacial score (nSPS) is 32.5. The number of ether oxygens (including phenoxy) is 2. The Bertz CT molecular complexity index is 521. The lowest BCUT2D eigenvalue weighted by Crippen LogP contribution is -2.51. The Morgan fingerprint density at radius 3 is 2.80 bits per heavy atom. The third-order valence-corrected chi connectivity index (χ3v) is 3.92. The van der Waals surface area contributed by atoms with Crippen molar-refractivity contribution < 1.29 is 22.6 Å². The molecule has 20 heavy (non-hydrogen) atoms. The summed E-state index contributed by atoms with van der Waals surface area (Å²) < 4.78 is 48.9. The van der Waals surface area contributed by atoms with Crippen LogP contribution in [0, 0.1) is 0 Å². The molecule has 3 heterocycles. The third kappa shape index (κ3) is 2.14. The molecule has 1 N–H and O–H groups in total. The van der Waals surface area contributed by atoms with E-state index in [4.69, 9.17) is 9.47 Å². The Hall–Kier alpha value is -1.34. The van der Waals surface area contributed by atoms with Crippen LogP contribution < -0.4 is 10.1 Å². The fourth-order valence-corrected chi connectivity index (χ4v) is 2.86. The van der Waals surface area contributed by atoms with Gasteiger partial charge in [0.05, 0.1) is 12.1 Å². The molecule has 0 spiro atoms. The minimum atomic E-state index is -4.46. The van der Waals surface area contributed by atoms with Gasteiger partial charge in [-0.15, -0.1) is 0 Å². The second-order valence-electron chi connectivity index (χ2n) is 5.19. The monoisotopic (exact) mass is 288 g/mol. The van der Waals surface area contributed by atoms with Crippen LogP contribution in [-0.2, 0) is 10.9 Å². The van der Waals surface area contributed by atoms with Crippen molar-refractivity contribution in [3.63, 3.8) is 0 Å². The highest BCUT2D eigenvalue weighted by molar-refractivity contribution is 5.37. The Labute approximate surface area is 114 Å². The van der Waals surface area contributed by atoms with Crippen LogP contribution in [0.1, 0.15) is 30.6 Å². The number of nitrogens with zero attached hydrogens (tertiary/aromatic N) is 1. The van der Waals surface area contributed by atoms with Crippen molar-refractivity contribution in [3.8, 4) is 5.88 Å². The van der Waals surface area contributed by atoms with Crippen molar-refractivity contribution in [2.24, 2.45) is 0 Å². The first-order valence-electron chi connectivity index (χ1n) is 6.44. The van der Waals surface area contributed by atoms with E-state index in [0.29, 0.717) is 12.0 Å². The SMILES string of the molecule is CO[C@@H]1C[C@@H]2Oc3nc(C(F)(F)F)ccc3[C@@H]2N[C@@H]1C. The molecule has 7 heteroatoms. The van der Waals surface area contributed by atoms with E-state index in [0.717, 1.165) is 6.07 Å². The summed E-state index contributed by atoms with van der Waals surface area (Å²) in [6, 6.07) is 2.43. The topological polar surface area (TPSA) is 43.4 Å². The molecule has 0 aromatic carbocycles. The molecule has 3 rings (SSSR count). The molecule has 0 bridgehead atoms. The second kappa shape index (κ2) is 4.60. The molecule has 110 valence electrons. The fraction of sp³-hybridized carbons (Fsp3) is 0.615. The van der Waals surface area contributed by atoms with Crippen LogP contribution in [0.25, 0.3) is 0 Å². The van der Waals surface area contributed by atoms with Crippen LogP contribution in [0.3, 0.4) is 0 Å². The Morgan fingerprint density at radius 1 is 1.40 bits per heavy atom. The van der Waals surface area contributed by atoms with Crippen LogP contribution in [-0.4, -0.2) is 30.3 Å². The van der Waals surface area contributed by atoms with Gasteiger partial charge < -0.3 is 14.8 Å². The number of hydrogen-bond donors (Lipinski definition) is 1. The van der Waals surface area contributed by atoms with Crippen molar-refractivity contribution in [3.05, 3.63) is 23.4 Å². The van der Waals surface area contributed by atoms with Gasteiger partial charge in [-0.1, -0.05) is 0 Å². The summed E-state index contributed by atoms with van der Waals surface area (Å²) in [5.74, 6) is 0.0753. The number of aromatic nitrogens is 1. The van der Waals surface area contributed by atoms with Gasteiger partial charge in [0.15, 0.2) is 0 Å². The van der Waals surface area contributed by atoms with Gasteiger partial charge in [0.25, 0.3) is 0 Å². The van der Waals surface area contributed by atoms with E-state index < -0.39 is 11.9 Å². The van der Waals surface area contributed by atoms with Gasteiger partial charge in [0.2, 0.25) is 5.88 Å². The molecule has 4 atom stereocenters. The fourth-order valence-electron chi connectivity index (χ4n) is 2.86. The number of methoxy groups -OCH3 is 1. The average molecular weight is 288 g/mol. The highest BCUT2D eigenvalue weighted by atomic mass is 19.4. The molecule has 2 aliphatic heterocycles. The maximum absolute atomic E-state index is 12.7. The number of alkyl halides is 3. The zero-order valence-electron chi connectivity index (χ0n) is 11.1. The van der Waals surface area contributed by atoms with Crippen molar-refractivity contribution in [2.45, 2.75) is 43.8 Å². The first-order chi connectivity index (χ1) is 9.40. The van der Waals surface area contributed by atoms with E-state index in [-0.39, 0.29) is 30.2 Å². The lowest BCUT2D eigenvalue weighted by atomic mass is 9.91. The maximum atomic E-state index is 12.7. The summed E-state index contributed by atoms with van der Waals surface area (Å²) in [6.45, 7) is 1.99. The van der Waals surface area contributed by atoms with Crippen molar-refractivity contribution in [1.82, 2.24) is 10.3 Å². The summed E-state index contributed by atoms with van der Waals surface area (Å²) in [6.07, 6.45) is -4.08. The molecule has 0 radical (unpaired) electrons. The summed E-state index contributed by atoms with van der Waals surface area (Å²) in [4.78, 5) is 3.60. The molecule has 1 saturated heterocycles. The smallest absolute Gasteiger partial charge is 0.433 e. The number of pyridine rings is 1. The summed E-state index contributed by atoms with van der Waals surface area (Å²) in [7, 11) is 1.62. The molecule has 0 aliphatic carbocycles. The third-order valence-electron chi connectivity index (χ3n) is 3.92. The molecule has 0 saturated carbocycles. The van der Waals surface area contributed by atoms with E-state index >= 15 is 0 Å². The van der Waals surface area contributed by atoms with E-state index in [9.17, 15) is 13.2 Å². The quantitative estimate of drug-likeness (QED) is 0.861. The standard InChI is InChI=1S/C13H15F3N2O2/c1-6-8(19-2)5-9-11(17-6)7-3-4-10(13(14,15)16)18-12(7)20-9/h3-4,6,8-9,11,17H,5H2,1-2H3/t6-,8-,9+,11+/m1/s1. The van der Waals surface area contributed by atoms with Crippen LogP contribution in [0.15, 0.2) is 12.1 Å². The Morgan fingerprint density at radius 2 is 2.15 bits per heavy atom. The second-order valence-corrected chi connectivity index (χ2v) is 5.19. The lowest BCUT2D eigenvalue weighted by Gasteiger charge is -2.36. The van der Waals surface area contributed by atoms with E-state index in [1.54, 1.807) is 7.11 Å². The minimum absolute atomic E-state index is 0.0207. The molecule has 0 unspecified atom stereocenters. The van der Waals surface area contributed by atoms with Gasteiger partial charge in [0.1, 0.15) is 11.8 Å². The van der Waals surface area contributed by atoms with Gasteiger partial charge in [-0.25, -0.2) is 4.98 Å². The number of hydrogen-bond acceptors (Lipinski definition) is 4. The molecule has 0 amide bonds. The molecule has 1 aromatic rings. The van der Waals surface area contributed by atoms with E-state index in [1.807, 2.05) is 6.92 Å². The predicted molar refractivity (Wildman–Crippen MR) is 64.4 cm³/mol. The summed E-state index contributed by atoms with van der Waals surface area (Å²) in [5.41, 5.74) is -0.240. The van der Waals surface area contributed by atoms with E-state index in [2.05, 4.69) is 10.3 Å². The predicted octanol–water partition coefficient (Wildman–Crippen LogP) is 2.30. The van der Waals surface area contributed by atoms with Crippen molar-refractivity contribution >= 4 is 0 Å². The summed E-state index contributed by atoms with van der Waals surface area (Å²) >= 11 is 0. The molecule has 2 aliphatic rings. The lowest BCUT2D eigenvalue weighted by molar-refractivity contribution is -0.141. The number of nitrogens with one attached hydrogen (secondary N) is 1. The van der Waals surface area contributed by atoms with Crippen molar-refractivity contribution in [2.75, 3.05) is 7.11 Å². The zero-order valence-corrected chi connectivity index (χ0v) is 11.1. The number of halogens is 3. The average Bonchev–Trinajstić information content (AvgIpc) is 2.73. The highest BCUT2D eigenvalue weighted by Crippen LogP contribution is 2.42. The van der Waals surface area contributed by atoms with Crippen LogP contribution in [0.2, 0.25) is 0 Å². The molecule has 1 fully saturated rings. The molecular weight excluding hydrogens is 273 g/mol. The maximum Gasteiger partial charge on any atom is 0.433 e. The molecule has 4 nitrogen and oxygen atoms in total. The number of rotatable bonds is 1. The highest BCUT2D eigenvalue weighted by Gasteiger charge is 2.44. The van der Waals surface area contributed by atoms with Crippen LogP contribution in [0.5, 0.6) is 5.88 Å². The van der Waals surface area contributed by atoms with E-state index in [1.165, 1.54) is 6.07 Å². The first kappa shape index (κ1) is 13.6. The molecule has 1 aromatic heterocycles. The van der Waals surface area contributed by atoms with Gasteiger partial charge >= 0.3 is 6.18 Å². The van der Waals surface area contributed by atoms with Gasteiger partial charge in [-0.2, -0.15) is 13.2 Å². The van der Waals surface area contributed by atoms with Crippen LogP contribution >= 0.6 is 0 Å².